The number of nitrogens with zero attached hydrogens (tertiary/aromatic N) is 4. The minimum absolute atomic E-state index is 0.504. The van der Waals surface area contributed by atoms with Gasteiger partial charge >= 0.3 is 0 Å². The van der Waals surface area contributed by atoms with Crippen molar-refractivity contribution in [1.82, 2.24) is 15.1 Å². The lowest BCUT2D eigenvalue weighted by molar-refractivity contribution is 0.197. The lowest BCUT2D eigenvalue weighted by Crippen LogP contribution is -2.51. The quantitative estimate of drug-likeness (QED) is 0.886. The highest BCUT2D eigenvalue weighted by Gasteiger charge is 2.20. The van der Waals surface area contributed by atoms with Gasteiger partial charge in [0.25, 0.3) is 0 Å². The Morgan fingerprint density at radius 1 is 1.13 bits per heavy atom. The van der Waals surface area contributed by atoms with E-state index in [-0.39, 0.29) is 0 Å². The summed E-state index contributed by atoms with van der Waals surface area (Å²) in [5, 5.41) is 7.86. The molecule has 2 heterocycles. The van der Waals surface area contributed by atoms with Crippen LogP contribution in [0.5, 0.6) is 0 Å². The molecule has 2 fully saturated rings. The Hall–Kier alpha value is -1.14. The first kappa shape index (κ1) is 16.7. The summed E-state index contributed by atoms with van der Waals surface area (Å²) in [7, 11) is 4.12. The van der Waals surface area contributed by atoms with Gasteiger partial charge in [0.15, 0.2) is 0 Å². The van der Waals surface area contributed by atoms with Crippen LogP contribution < -0.4 is 10.2 Å². The van der Waals surface area contributed by atoms with Crippen LogP contribution in [0, 0.1) is 0 Å². The Morgan fingerprint density at radius 2 is 1.91 bits per heavy atom. The molecule has 0 bridgehead atoms. The maximum Gasteiger partial charge on any atom is 0.0412 e. The molecule has 2 aliphatic rings. The fourth-order valence-electron chi connectivity index (χ4n) is 3.62. The topological polar surface area (TPSA) is 35.9 Å². The van der Waals surface area contributed by atoms with Crippen molar-refractivity contribution in [2.75, 3.05) is 71.4 Å². The Labute approximate surface area is 140 Å². The first-order valence-corrected chi connectivity index (χ1v) is 8.79. The van der Waals surface area contributed by atoms with Crippen LogP contribution in [-0.2, 0) is 6.54 Å². The molecule has 0 spiro atoms. The molecule has 128 valence electrons. The van der Waals surface area contributed by atoms with Gasteiger partial charge in [0, 0.05) is 64.1 Å². The summed E-state index contributed by atoms with van der Waals surface area (Å²) in [6.07, 6.45) is 0. The Balaban J connectivity index is 1.66. The van der Waals surface area contributed by atoms with Crippen molar-refractivity contribution in [3.8, 4) is 0 Å². The Kier molecular flexibility index (Phi) is 5.89. The van der Waals surface area contributed by atoms with Crippen molar-refractivity contribution in [3.63, 3.8) is 0 Å². The van der Waals surface area contributed by atoms with Crippen molar-refractivity contribution in [2.24, 2.45) is 0 Å². The van der Waals surface area contributed by atoms with Crippen LogP contribution in [0.2, 0.25) is 0 Å². The Morgan fingerprint density at radius 3 is 2.70 bits per heavy atom. The molecule has 5 heteroatoms. The first-order chi connectivity index (χ1) is 11.3. The van der Waals surface area contributed by atoms with Crippen LogP contribution in [0.4, 0.5) is 5.69 Å². The van der Waals surface area contributed by atoms with E-state index in [9.17, 15) is 0 Å². The SMILES string of the molecule is C[N-]CC1CN(Cc2ccccc2N2CCN(C)CC2)CCN1. The van der Waals surface area contributed by atoms with E-state index in [0.717, 1.165) is 58.9 Å². The number of anilines is 1. The van der Waals surface area contributed by atoms with Gasteiger partial charge in [-0.25, -0.2) is 0 Å². The summed E-state index contributed by atoms with van der Waals surface area (Å²) in [6, 6.07) is 9.45. The molecule has 1 atom stereocenters. The molecule has 1 unspecified atom stereocenters. The van der Waals surface area contributed by atoms with Gasteiger partial charge in [-0.2, -0.15) is 7.05 Å². The number of nitrogens with one attached hydrogen (secondary N) is 1. The van der Waals surface area contributed by atoms with Crippen molar-refractivity contribution >= 4 is 5.69 Å². The highest BCUT2D eigenvalue weighted by Crippen LogP contribution is 2.23. The second kappa shape index (κ2) is 8.11. The van der Waals surface area contributed by atoms with Gasteiger partial charge < -0.3 is 20.4 Å². The molecule has 2 aliphatic heterocycles. The van der Waals surface area contributed by atoms with Crippen LogP contribution in [0.3, 0.4) is 0 Å². The second-order valence-electron chi connectivity index (χ2n) is 6.80. The van der Waals surface area contributed by atoms with Crippen molar-refractivity contribution < 1.29 is 0 Å². The van der Waals surface area contributed by atoms with Crippen molar-refractivity contribution in [2.45, 2.75) is 12.6 Å². The number of hydrogen-bond acceptors (Lipinski definition) is 4. The zero-order valence-electron chi connectivity index (χ0n) is 14.5. The van der Waals surface area contributed by atoms with E-state index in [4.69, 9.17) is 0 Å². The maximum atomic E-state index is 4.30. The molecule has 5 nitrogen and oxygen atoms in total. The summed E-state index contributed by atoms with van der Waals surface area (Å²) in [5.74, 6) is 0. The average molecular weight is 316 g/mol. The molecular formula is C18H30N5-. The molecule has 23 heavy (non-hydrogen) atoms. The molecule has 3 rings (SSSR count). The highest BCUT2D eigenvalue weighted by molar-refractivity contribution is 5.54. The molecule has 0 radical (unpaired) electrons. The van der Waals surface area contributed by atoms with Gasteiger partial charge in [-0.05, 0) is 18.7 Å². The van der Waals surface area contributed by atoms with E-state index >= 15 is 0 Å². The smallest absolute Gasteiger partial charge is 0.0412 e. The second-order valence-corrected chi connectivity index (χ2v) is 6.80. The van der Waals surface area contributed by atoms with E-state index in [1.165, 1.54) is 11.3 Å². The summed E-state index contributed by atoms with van der Waals surface area (Å²) in [4.78, 5) is 7.53. The lowest BCUT2D eigenvalue weighted by atomic mass is 10.1. The van der Waals surface area contributed by atoms with Gasteiger partial charge in [-0.3, -0.25) is 4.90 Å². The largest absolute Gasteiger partial charge is 0.664 e. The third-order valence-corrected chi connectivity index (χ3v) is 4.97. The third kappa shape index (κ3) is 4.44. The van der Waals surface area contributed by atoms with Gasteiger partial charge in [0.1, 0.15) is 0 Å². The van der Waals surface area contributed by atoms with E-state index in [0.29, 0.717) is 6.04 Å². The van der Waals surface area contributed by atoms with Gasteiger partial charge in [-0.1, -0.05) is 18.2 Å². The predicted molar refractivity (Wildman–Crippen MR) is 97.4 cm³/mol. The van der Waals surface area contributed by atoms with E-state index in [1.807, 2.05) is 7.05 Å². The van der Waals surface area contributed by atoms with Crippen LogP contribution >= 0.6 is 0 Å². The van der Waals surface area contributed by atoms with E-state index < -0.39 is 0 Å². The van der Waals surface area contributed by atoms with Gasteiger partial charge in [0.05, 0.1) is 0 Å². The highest BCUT2D eigenvalue weighted by atomic mass is 15.3. The minimum Gasteiger partial charge on any atom is -0.664 e. The zero-order valence-corrected chi connectivity index (χ0v) is 14.5. The van der Waals surface area contributed by atoms with E-state index in [1.54, 1.807) is 0 Å². The van der Waals surface area contributed by atoms with Crippen LogP contribution in [0.1, 0.15) is 5.56 Å². The molecule has 2 saturated heterocycles. The molecule has 0 amide bonds. The molecule has 1 N–H and O–H groups in total. The maximum absolute atomic E-state index is 4.30. The molecule has 0 aliphatic carbocycles. The van der Waals surface area contributed by atoms with Crippen molar-refractivity contribution in [3.05, 3.63) is 35.1 Å². The molecule has 1 aromatic rings. The zero-order chi connectivity index (χ0) is 16.1. The van der Waals surface area contributed by atoms with Crippen LogP contribution in [0.25, 0.3) is 5.32 Å². The number of likely N-dealkylation sites (N-methyl/N-ethyl adjacent to an activating group) is 2. The lowest BCUT2D eigenvalue weighted by Gasteiger charge is -2.38. The fraction of sp³-hybridized carbons (Fsp3) is 0.667. The predicted octanol–water partition coefficient (Wildman–Crippen LogP) is 1.22. The molecule has 0 saturated carbocycles. The summed E-state index contributed by atoms with van der Waals surface area (Å²) >= 11 is 0. The molecule has 1 aromatic carbocycles. The number of benzene rings is 1. The summed E-state index contributed by atoms with van der Waals surface area (Å²) in [5.41, 5.74) is 2.89. The van der Waals surface area contributed by atoms with E-state index in [2.05, 4.69) is 56.6 Å². The molecule has 0 aromatic heterocycles. The summed E-state index contributed by atoms with van der Waals surface area (Å²) in [6.45, 7) is 9.81. The fourth-order valence-corrected chi connectivity index (χ4v) is 3.62. The standard InChI is InChI=1S/C18H30N5/c1-19-13-17-15-22(8-7-20-17)14-16-5-3-4-6-18(16)23-11-9-21(2)10-12-23/h3-6,17,20H,7-15H2,1-2H3/q-1. The van der Waals surface area contributed by atoms with Crippen LogP contribution in [0.15, 0.2) is 24.3 Å². The number of hydrogen-bond donors (Lipinski definition) is 1. The molecular weight excluding hydrogens is 286 g/mol. The van der Waals surface area contributed by atoms with Gasteiger partial charge in [0.2, 0.25) is 0 Å². The number of para-hydroxylation sites is 1. The average Bonchev–Trinajstić information content (AvgIpc) is 2.57. The normalized spacial score (nSPS) is 24.1. The Bertz CT molecular complexity index is 482. The summed E-state index contributed by atoms with van der Waals surface area (Å²) < 4.78 is 0. The number of rotatable bonds is 5. The first-order valence-electron chi connectivity index (χ1n) is 8.79. The monoisotopic (exact) mass is 316 g/mol. The number of piperazine rings is 2. The van der Waals surface area contributed by atoms with Crippen LogP contribution in [-0.4, -0.2) is 82.3 Å². The third-order valence-electron chi connectivity index (χ3n) is 4.97. The van der Waals surface area contributed by atoms with Gasteiger partial charge in [-0.15, -0.1) is 6.54 Å². The minimum atomic E-state index is 0.504. The van der Waals surface area contributed by atoms with Crippen molar-refractivity contribution in [1.29, 1.82) is 0 Å².